The summed E-state index contributed by atoms with van der Waals surface area (Å²) in [6, 6.07) is 7.49. The Bertz CT molecular complexity index is 859. The number of amides is 1. The molecule has 2 aliphatic rings. The normalized spacial score (nSPS) is 25.4. The monoisotopic (exact) mass is 370 g/mol. The van der Waals surface area contributed by atoms with Gasteiger partial charge >= 0.3 is 5.97 Å². The van der Waals surface area contributed by atoms with E-state index in [9.17, 15) is 9.59 Å². The van der Waals surface area contributed by atoms with E-state index in [0.717, 1.165) is 31.1 Å². The van der Waals surface area contributed by atoms with Crippen LogP contribution in [-0.2, 0) is 16.1 Å². The number of carbonyl (C=O) groups is 2. The minimum absolute atomic E-state index is 0.293. The van der Waals surface area contributed by atoms with Crippen LogP contribution >= 0.6 is 0 Å². The number of para-hydroxylation sites is 1. The first-order valence-corrected chi connectivity index (χ1v) is 9.82. The largest absolute Gasteiger partial charge is 0.462 e. The van der Waals surface area contributed by atoms with Crippen molar-refractivity contribution in [2.24, 2.45) is 11.7 Å². The van der Waals surface area contributed by atoms with E-state index in [1.165, 1.54) is 6.42 Å². The van der Waals surface area contributed by atoms with Crippen molar-refractivity contribution in [2.45, 2.75) is 57.7 Å². The van der Waals surface area contributed by atoms with Gasteiger partial charge in [0.25, 0.3) is 0 Å². The number of primary amides is 1. The second-order valence-corrected chi connectivity index (χ2v) is 7.55. The Hall–Kier alpha value is -2.34. The van der Waals surface area contributed by atoms with Gasteiger partial charge in [0.15, 0.2) is 0 Å². The van der Waals surface area contributed by atoms with Crippen molar-refractivity contribution in [3.05, 3.63) is 35.6 Å². The highest BCUT2D eigenvalue weighted by atomic mass is 16.5. The van der Waals surface area contributed by atoms with Crippen molar-refractivity contribution < 1.29 is 18.7 Å². The summed E-state index contributed by atoms with van der Waals surface area (Å²) in [5.74, 6) is 0.379. The number of furan rings is 1. The molecule has 1 amide bonds. The highest BCUT2D eigenvalue weighted by molar-refractivity contribution is 6.04. The lowest BCUT2D eigenvalue weighted by Crippen LogP contribution is -2.44. The minimum atomic E-state index is -0.382. The van der Waals surface area contributed by atoms with E-state index in [2.05, 4.69) is 4.90 Å². The second-order valence-electron chi connectivity index (χ2n) is 7.55. The fourth-order valence-corrected chi connectivity index (χ4v) is 4.86. The summed E-state index contributed by atoms with van der Waals surface area (Å²) >= 11 is 0. The second kappa shape index (κ2) is 7.35. The van der Waals surface area contributed by atoms with Crippen LogP contribution in [0.15, 0.2) is 28.7 Å². The molecule has 4 rings (SSSR count). The molecule has 3 atom stereocenters. The lowest BCUT2D eigenvalue weighted by molar-refractivity contribution is -0.123. The van der Waals surface area contributed by atoms with Crippen molar-refractivity contribution in [3.63, 3.8) is 0 Å². The molecule has 0 radical (unpaired) electrons. The van der Waals surface area contributed by atoms with Crippen molar-refractivity contribution >= 4 is 22.8 Å². The van der Waals surface area contributed by atoms with Gasteiger partial charge in [-0.3, -0.25) is 9.69 Å². The van der Waals surface area contributed by atoms with Gasteiger partial charge in [-0.05, 0) is 38.2 Å². The molecule has 2 heterocycles. The van der Waals surface area contributed by atoms with Crippen molar-refractivity contribution in [1.29, 1.82) is 0 Å². The summed E-state index contributed by atoms with van der Waals surface area (Å²) in [4.78, 5) is 26.9. The third kappa shape index (κ3) is 3.23. The number of ether oxygens (including phenoxy) is 1. The van der Waals surface area contributed by atoms with Crippen LogP contribution in [0.25, 0.3) is 11.0 Å². The summed E-state index contributed by atoms with van der Waals surface area (Å²) in [6.07, 6.45) is 5.36. The molecule has 2 fully saturated rings. The molecule has 0 unspecified atom stereocenters. The van der Waals surface area contributed by atoms with Gasteiger partial charge in [0, 0.05) is 11.4 Å². The minimum Gasteiger partial charge on any atom is -0.462 e. The molecule has 1 saturated carbocycles. The molecule has 27 heavy (non-hydrogen) atoms. The van der Waals surface area contributed by atoms with Crippen LogP contribution in [0.2, 0.25) is 0 Å². The molecule has 1 aromatic heterocycles. The maximum Gasteiger partial charge on any atom is 0.342 e. The highest BCUT2D eigenvalue weighted by Gasteiger charge is 2.45. The van der Waals surface area contributed by atoms with Gasteiger partial charge in [-0.1, -0.05) is 31.0 Å². The topological polar surface area (TPSA) is 85.8 Å². The Labute approximate surface area is 158 Å². The summed E-state index contributed by atoms with van der Waals surface area (Å²) < 4.78 is 11.3. The number of nitrogens with two attached hydrogens (primary N) is 1. The fraction of sp³-hybridized carbons (Fsp3) is 0.524. The van der Waals surface area contributed by atoms with Crippen molar-refractivity contribution in [2.75, 3.05) is 6.61 Å². The molecule has 6 nitrogen and oxygen atoms in total. The number of fused-ring (bicyclic) bond motifs is 2. The van der Waals surface area contributed by atoms with Crippen LogP contribution in [0.4, 0.5) is 0 Å². The standard InChI is InChI=1S/C21H26N2O4/c1-2-26-21(25)19-14-8-4-6-10-17(14)27-18(19)12-23-15-9-5-3-7-13(15)11-16(23)20(22)24/h4,6,8,10,13,15-16H,2-3,5,7,9,11-12H2,1H3,(H2,22,24)/t13-,15-,16+/m1/s1. The van der Waals surface area contributed by atoms with Gasteiger partial charge in [0.1, 0.15) is 16.9 Å². The third-order valence-electron chi connectivity index (χ3n) is 6.02. The van der Waals surface area contributed by atoms with Gasteiger partial charge in [-0.15, -0.1) is 0 Å². The summed E-state index contributed by atoms with van der Waals surface area (Å²) in [6.45, 7) is 2.49. The Morgan fingerprint density at radius 2 is 2.04 bits per heavy atom. The third-order valence-corrected chi connectivity index (χ3v) is 6.02. The Morgan fingerprint density at radius 1 is 1.26 bits per heavy atom. The van der Waals surface area contributed by atoms with Crippen LogP contribution in [0.5, 0.6) is 0 Å². The number of benzene rings is 1. The SMILES string of the molecule is CCOC(=O)c1c(CN2[C@@H]3CCCC[C@@H]3C[C@H]2C(N)=O)oc2ccccc12. The van der Waals surface area contributed by atoms with Crippen LogP contribution in [0.1, 0.15) is 55.1 Å². The molecule has 0 bridgehead atoms. The number of hydrogen-bond donors (Lipinski definition) is 1. The van der Waals surface area contributed by atoms with Gasteiger partial charge < -0.3 is 14.9 Å². The van der Waals surface area contributed by atoms with Crippen LogP contribution in [0.3, 0.4) is 0 Å². The molecular weight excluding hydrogens is 344 g/mol. The summed E-state index contributed by atoms with van der Waals surface area (Å²) in [5, 5.41) is 0.751. The molecule has 0 spiro atoms. The zero-order valence-corrected chi connectivity index (χ0v) is 15.6. The van der Waals surface area contributed by atoms with E-state index < -0.39 is 0 Å². The number of esters is 1. The molecular formula is C21H26N2O4. The molecule has 144 valence electrons. The molecule has 6 heteroatoms. The van der Waals surface area contributed by atoms with Crippen LogP contribution in [0, 0.1) is 5.92 Å². The maximum atomic E-state index is 12.6. The van der Waals surface area contributed by atoms with Gasteiger partial charge in [-0.25, -0.2) is 4.79 Å². The van der Waals surface area contributed by atoms with Crippen LogP contribution in [-0.4, -0.2) is 35.5 Å². The van der Waals surface area contributed by atoms with E-state index in [4.69, 9.17) is 14.9 Å². The highest BCUT2D eigenvalue weighted by Crippen LogP contribution is 2.41. The number of likely N-dealkylation sites (tertiary alicyclic amines) is 1. The van der Waals surface area contributed by atoms with E-state index in [1.54, 1.807) is 6.92 Å². The molecule has 1 aromatic carbocycles. The first-order chi connectivity index (χ1) is 13.1. The summed E-state index contributed by atoms with van der Waals surface area (Å²) in [5.41, 5.74) is 6.84. The number of carbonyl (C=O) groups excluding carboxylic acids is 2. The van der Waals surface area contributed by atoms with Gasteiger partial charge in [0.05, 0.1) is 19.2 Å². The van der Waals surface area contributed by atoms with E-state index in [0.29, 0.717) is 42.0 Å². The molecule has 2 N–H and O–H groups in total. The lowest BCUT2D eigenvalue weighted by Gasteiger charge is -2.32. The van der Waals surface area contributed by atoms with Crippen LogP contribution < -0.4 is 5.73 Å². The quantitative estimate of drug-likeness (QED) is 0.817. The van der Waals surface area contributed by atoms with Gasteiger partial charge in [0.2, 0.25) is 5.91 Å². The Balaban J connectivity index is 1.72. The zero-order valence-electron chi connectivity index (χ0n) is 15.6. The number of hydrogen-bond acceptors (Lipinski definition) is 5. The number of rotatable bonds is 5. The van der Waals surface area contributed by atoms with Crippen molar-refractivity contribution in [3.8, 4) is 0 Å². The van der Waals surface area contributed by atoms with E-state index >= 15 is 0 Å². The molecule has 2 aromatic rings. The average Bonchev–Trinajstić information content (AvgIpc) is 3.21. The first kappa shape index (κ1) is 18.0. The number of nitrogens with zero attached hydrogens (tertiary/aromatic N) is 1. The average molecular weight is 370 g/mol. The molecule has 1 aliphatic carbocycles. The molecule has 1 saturated heterocycles. The molecule has 1 aliphatic heterocycles. The van der Waals surface area contributed by atoms with Crippen molar-refractivity contribution in [1.82, 2.24) is 4.90 Å². The van der Waals surface area contributed by atoms with E-state index in [-0.39, 0.29) is 17.9 Å². The summed E-state index contributed by atoms with van der Waals surface area (Å²) in [7, 11) is 0. The van der Waals surface area contributed by atoms with E-state index in [1.807, 2.05) is 24.3 Å². The maximum absolute atomic E-state index is 12.6. The smallest absolute Gasteiger partial charge is 0.342 e. The lowest BCUT2D eigenvalue weighted by atomic mass is 9.84. The zero-order chi connectivity index (χ0) is 19.0. The predicted molar refractivity (Wildman–Crippen MR) is 101 cm³/mol. The fourth-order valence-electron chi connectivity index (χ4n) is 4.86. The predicted octanol–water partition coefficient (Wildman–Crippen LogP) is 3.23. The Morgan fingerprint density at radius 3 is 2.81 bits per heavy atom. The first-order valence-electron chi connectivity index (χ1n) is 9.82. The Kier molecular flexibility index (Phi) is 4.91. The van der Waals surface area contributed by atoms with Gasteiger partial charge in [-0.2, -0.15) is 0 Å².